The minimum Gasteiger partial charge on any atom is -0.288 e. The maximum absolute atomic E-state index is 12.3. The van der Waals surface area contributed by atoms with Crippen LogP contribution in [0.25, 0.3) is 0 Å². The molecule has 90 valence electrons. The van der Waals surface area contributed by atoms with E-state index in [1.54, 1.807) is 37.5 Å². The van der Waals surface area contributed by atoms with Gasteiger partial charge in [-0.2, -0.15) is 0 Å². The first kappa shape index (κ1) is 15.1. The minimum absolute atomic E-state index is 0.0846. The van der Waals surface area contributed by atoms with Crippen molar-refractivity contribution in [3.63, 3.8) is 0 Å². The largest absolute Gasteiger partial charge is 0.288 e. The Morgan fingerprint density at radius 1 is 1.27 bits per heavy atom. The van der Waals surface area contributed by atoms with Crippen LogP contribution in [0.15, 0.2) is 0 Å². The Kier molecular flexibility index (Phi) is 6.71. The summed E-state index contributed by atoms with van der Waals surface area (Å²) in [4.78, 5) is 10.7. The Morgan fingerprint density at radius 2 is 1.73 bits per heavy atom. The molecule has 0 bridgehead atoms. The molecule has 0 fully saturated rings. The highest BCUT2D eigenvalue weighted by Crippen LogP contribution is 2.44. The van der Waals surface area contributed by atoms with Crippen molar-refractivity contribution in [1.29, 1.82) is 0 Å². The molecule has 0 atom stereocenters. The van der Waals surface area contributed by atoms with Gasteiger partial charge in [-0.05, 0) is 28.2 Å². The number of hydrogen-bond donors (Lipinski definition) is 1. The Bertz CT molecular complexity index is 246. The van der Waals surface area contributed by atoms with Crippen LogP contribution < -0.4 is 5.09 Å². The van der Waals surface area contributed by atoms with Crippen LogP contribution in [0.3, 0.4) is 0 Å². The zero-order valence-corrected chi connectivity index (χ0v) is 11.7. The van der Waals surface area contributed by atoms with Gasteiger partial charge in [0.1, 0.15) is 0 Å². The third-order valence-electron chi connectivity index (χ3n) is 1.81. The number of nitrogens with zero attached hydrogens (tertiary/aromatic N) is 2. The molecule has 0 rings (SSSR count). The van der Waals surface area contributed by atoms with Crippen molar-refractivity contribution >= 4 is 24.5 Å². The van der Waals surface area contributed by atoms with E-state index in [0.29, 0.717) is 12.3 Å². The summed E-state index contributed by atoms with van der Waals surface area (Å²) in [6, 6.07) is 0. The first-order chi connectivity index (χ1) is 6.80. The van der Waals surface area contributed by atoms with Crippen LogP contribution in [0.5, 0.6) is 0 Å². The molecule has 0 saturated carbocycles. The molecule has 0 heterocycles. The second-order valence-electron chi connectivity index (χ2n) is 3.49. The average molecular weight is 253 g/mol. The summed E-state index contributed by atoms with van der Waals surface area (Å²) in [6.07, 6.45) is 0. The summed E-state index contributed by atoms with van der Waals surface area (Å²) in [5, 5.41) is 3.07. The van der Waals surface area contributed by atoms with Gasteiger partial charge in [-0.15, -0.1) is 0 Å². The Hall–Kier alpha value is 0.130. The van der Waals surface area contributed by atoms with Gasteiger partial charge in [-0.3, -0.25) is 9.36 Å². The first-order valence-electron chi connectivity index (χ1n) is 4.65. The predicted octanol–water partition coefficient (Wildman–Crippen LogP) is 1.09. The monoisotopic (exact) mass is 253 g/mol. The second-order valence-corrected chi connectivity index (χ2v) is 7.76. The van der Waals surface area contributed by atoms with E-state index in [1.165, 1.54) is 18.7 Å². The molecule has 0 spiro atoms. The molecule has 0 aromatic carbocycles. The molecule has 0 aliphatic rings. The van der Waals surface area contributed by atoms with E-state index < -0.39 is 7.59 Å². The van der Waals surface area contributed by atoms with Gasteiger partial charge < -0.3 is 0 Å². The second kappa shape index (κ2) is 6.66. The van der Waals surface area contributed by atoms with Crippen molar-refractivity contribution in [1.82, 2.24) is 14.4 Å². The predicted molar refractivity (Wildman–Crippen MR) is 66.1 cm³/mol. The third-order valence-corrected chi connectivity index (χ3v) is 5.43. The van der Waals surface area contributed by atoms with Gasteiger partial charge >= 0.3 is 0 Å². The topological polar surface area (TPSA) is 52.7 Å². The molecule has 0 saturated heterocycles. The van der Waals surface area contributed by atoms with Gasteiger partial charge in [0.25, 0.3) is 7.59 Å². The maximum atomic E-state index is 12.3. The molecule has 5 nitrogen and oxygen atoms in total. The third kappa shape index (κ3) is 5.13. The summed E-state index contributed by atoms with van der Waals surface area (Å²) >= 11 is 1.24. The standard InChI is InChI=1S/C8H20N3O2PS/c1-8(12)15-7-6-9-14(13,10(2)3)11(4)5/h6-7H2,1-5H3,(H,9,13). The normalized spacial score (nSPS) is 12.5. The summed E-state index contributed by atoms with van der Waals surface area (Å²) in [5.41, 5.74) is 0. The van der Waals surface area contributed by atoms with E-state index in [1.807, 2.05) is 0 Å². The number of hydrogen-bond acceptors (Lipinski definition) is 3. The molecule has 0 amide bonds. The van der Waals surface area contributed by atoms with Gasteiger partial charge in [0.15, 0.2) is 5.12 Å². The molecule has 0 aromatic heterocycles. The van der Waals surface area contributed by atoms with Crippen LogP contribution >= 0.6 is 19.4 Å². The molecule has 0 unspecified atom stereocenters. The summed E-state index contributed by atoms with van der Waals surface area (Å²) < 4.78 is 15.6. The van der Waals surface area contributed by atoms with E-state index >= 15 is 0 Å². The molecule has 0 aliphatic heterocycles. The number of carbonyl (C=O) groups excluding carboxylic acids is 1. The number of rotatable bonds is 6. The zero-order valence-electron chi connectivity index (χ0n) is 9.98. The van der Waals surface area contributed by atoms with Crippen molar-refractivity contribution in [2.75, 3.05) is 40.5 Å². The van der Waals surface area contributed by atoms with Crippen LogP contribution in [0.1, 0.15) is 6.92 Å². The van der Waals surface area contributed by atoms with Gasteiger partial charge in [-0.1, -0.05) is 11.8 Å². The lowest BCUT2D eigenvalue weighted by Crippen LogP contribution is -2.32. The van der Waals surface area contributed by atoms with Crippen LogP contribution in [0, 0.1) is 0 Å². The molecule has 1 N–H and O–H groups in total. The number of carbonyl (C=O) groups is 1. The van der Waals surface area contributed by atoms with Crippen molar-refractivity contribution in [3.05, 3.63) is 0 Å². The van der Waals surface area contributed by atoms with Crippen molar-refractivity contribution < 1.29 is 9.36 Å². The first-order valence-corrected chi connectivity index (χ1v) is 7.24. The summed E-state index contributed by atoms with van der Waals surface area (Å²) in [7, 11) is 4.45. The summed E-state index contributed by atoms with van der Waals surface area (Å²) in [6.45, 7) is 2.08. The number of nitrogens with one attached hydrogen (secondary N) is 1. The van der Waals surface area contributed by atoms with E-state index in [0.717, 1.165) is 0 Å². The molecular formula is C8H20N3O2PS. The minimum atomic E-state index is -2.63. The molecule has 0 aromatic rings. The Morgan fingerprint density at radius 3 is 2.07 bits per heavy atom. The van der Waals surface area contributed by atoms with Crippen LogP contribution in [-0.4, -0.2) is 54.9 Å². The highest BCUT2D eigenvalue weighted by atomic mass is 32.2. The Labute approximate surface area is 96.1 Å². The Balaban J connectivity index is 4.10. The zero-order chi connectivity index (χ0) is 12.1. The fourth-order valence-corrected chi connectivity index (χ4v) is 3.35. The van der Waals surface area contributed by atoms with E-state index in [4.69, 9.17) is 0 Å². The van der Waals surface area contributed by atoms with E-state index in [9.17, 15) is 9.36 Å². The fraction of sp³-hybridized carbons (Fsp3) is 0.875. The highest BCUT2D eigenvalue weighted by Gasteiger charge is 2.26. The molecule has 15 heavy (non-hydrogen) atoms. The maximum Gasteiger partial charge on any atom is 0.283 e. The lowest BCUT2D eigenvalue weighted by molar-refractivity contribution is -0.109. The van der Waals surface area contributed by atoms with E-state index in [2.05, 4.69) is 5.09 Å². The number of thioether (sulfide) groups is 1. The van der Waals surface area contributed by atoms with Gasteiger partial charge in [0, 0.05) is 19.2 Å². The summed E-state index contributed by atoms with van der Waals surface area (Å²) in [5.74, 6) is 0.640. The van der Waals surface area contributed by atoms with Crippen molar-refractivity contribution in [2.45, 2.75) is 6.92 Å². The average Bonchev–Trinajstić information content (AvgIpc) is 2.10. The fourth-order valence-electron chi connectivity index (χ4n) is 1.03. The van der Waals surface area contributed by atoms with Crippen LogP contribution in [-0.2, 0) is 9.36 Å². The molecule has 0 aliphatic carbocycles. The van der Waals surface area contributed by atoms with Gasteiger partial charge in [0.2, 0.25) is 0 Å². The van der Waals surface area contributed by atoms with Crippen LogP contribution in [0.4, 0.5) is 0 Å². The van der Waals surface area contributed by atoms with E-state index in [-0.39, 0.29) is 5.12 Å². The van der Waals surface area contributed by atoms with Gasteiger partial charge in [0.05, 0.1) is 0 Å². The van der Waals surface area contributed by atoms with Crippen LogP contribution in [0.2, 0.25) is 0 Å². The molecular weight excluding hydrogens is 233 g/mol. The van der Waals surface area contributed by atoms with Crippen molar-refractivity contribution in [2.24, 2.45) is 0 Å². The molecule has 7 heteroatoms. The lowest BCUT2D eigenvalue weighted by atomic mass is 10.8. The SMILES string of the molecule is CC(=O)SCCNP(=O)(N(C)C)N(C)C. The lowest BCUT2D eigenvalue weighted by Gasteiger charge is -2.30. The van der Waals surface area contributed by atoms with Crippen molar-refractivity contribution in [3.8, 4) is 0 Å². The van der Waals surface area contributed by atoms with Gasteiger partial charge in [-0.25, -0.2) is 14.4 Å². The molecule has 0 radical (unpaired) electrons. The smallest absolute Gasteiger partial charge is 0.283 e. The quantitative estimate of drug-likeness (QED) is 0.565. The highest BCUT2D eigenvalue weighted by molar-refractivity contribution is 8.13.